The van der Waals surface area contributed by atoms with Gasteiger partial charge in [0.1, 0.15) is 0 Å². The molecule has 0 rings (SSSR count). The highest BCUT2D eigenvalue weighted by Gasteiger charge is 1.97. The zero-order chi connectivity index (χ0) is 10.8. The van der Waals surface area contributed by atoms with Crippen LogP contribution in [0.25, 0.3) is 0 Å². The van der Waals surface area contributed by atoms with Gasteiger partial charge in [-0.05, 0) is 12.8 Å². The maximum Gasteiger partial charge on any atom is 0.314 e. The molecular formula is C9H20N2O2S. The number of hydrogen-bond donors (Lipinski definition) is 2. The Bertz CT molecular complexity index is 186. The van der Waals surface area contributed by atoms with E-state index in [1.54, 1.807) is 6.26 Å². The van der Waals surface area contributed by atoms with Crippen LogP contribution in [0.3, 0.4) is 0 Å². The fraction of sp³-hybridized carbons (Fsp3) is 0.889. The standard InChI is InChI=1S/C9H20N2O2S/c1-3-4-6-10-9(12)11-7-5-8-14(2)13/h3-8H2,1-2H3,(H2,10,11,12). The Morgan fingerprint density at radius 3 is 2.29 bits per heavy atom. The predicted octanol–water partition coefficient (Wildman–Crippen LogP) is 0.854. The lowest BCUT2D eigenvalue weighted by Gasteiger charge is -2.05. The Morgan fingerprint density at radius 2 is 1.79 bits per heavy atom. The zero-order valence-corrected chi connectivity index (χ0v) is 9.78. The van der Waals surface area contributed by atoms with Gasteiger partial charge in [0.05, 0.1) is 0 Å². The Labute approximate surface area is 88.3 Å². The largest absolute Gasteiger partial charge is 0.338 e. The van der Waals surface area contributed by atoms with Crippen LogP contribution in [0.2, 0.25) is 0 Å². The van der Waals surface area contributed by atoms with Gasteiger partial charge in [0.2, 0.25) is 0 Å². The van der Waals surface area contributed by atoms with E-state index in [-0.39, 0.29) is 6.03 Å². The molecule has 0 fully saturated rings. The van der Waals surface area contributed by atoms with Gasteiger partial charge in [0.15, 0.2) is 0 Å². The third kappa shape index (κ3) is 9.51. The molecule has 0 saturated heterocycles. The molecule has 0 saturated carbocycles. The zero-order valence-electron chi connectivity index (χ0n) is 8.97. The number of hydrogen-bond acceptors (Lipinski definition) is 2. The lowest BCUT2D eigenvalue weighted by atomic mass is 10.3. The number of unbranched alkanes of at least 4 members (excludes halogenated alkanes) is 1. The second-order valence-electron chi connectivity index (χ2n) is 3.17. The molecule has 5 heteroatoms. The molecule has 84 valence electrons. The second kappa shape index (κ2) is 8.99. The van der Waals surface area contributed by atoms with Crippen molar-refractivity contribution in [2.45, 2.75) is 26.2 Å². The van der Waals surface area contributed by atoms with Crippen LogP contribution in [0, 0.1) is 0 Å². The monoisotopic (exact) mass is 220 g/mol. The molecule has 1 unspecified atom stereocenters. The van der Waals surface area contributed by atoms with Crippen LogP contribution in [0.4, 0.5) is 4.79 Å². The fourth-order valence-corrected chi connectivity index (χ4v) is 1.47. The summed E-state index contributed by atoms with van der Waals surface area (Å²) in [6, 6.07) is -0.125. The molecule has 0 aliphatic rings. The third-order valence-corrected chi connectivity index (χ3v) is 2.57. The van der Waals surface area contributed by atoms with E-state index in [4.69, 9.17) is 0 Å². The van der Waals surface area contributed by atoms with E-state index in [9.17, 15) is 9.00 Å². The van der Waals surface area contributed by atoms with Gasteiger partial charge < -0.3 is 10.6 Å². The molecular weight excluding hydrogens is 200 g/mol. The Balaban J connectivity index is 3.22. The minimum absolute atomic E-state index is 0.125. The van der Waals surface area contributed by atoms with Gasteiger partial charge in [-0.15, -0.1) is 0 Å². The molecule has 0 aromatic heterocycles. The fourth-order valence-electron chi connectivity index (χ4n) is 0.919. The first kappa shape index (κ1) is 13.4. The van der Waals surface area contributed by atoms with E-state index >= 15 is 0 Å². The minimum atomic E-state index is -0.759. The molecule has 0 aromatic carbocycles. The van der Waals surface area contributed by atoms with Crippen molar-refractivity contribution in [2.75, 3.05) is 25.1 Å². The van der Waals surface area contributed by atoms with Crippen molar-refractivity contribution in [1.82, 2.24) is 10.6 Å². The topological polar surface area (TPSA) is 58.2 Å². The molecule has 0 aromatic rings. The number of urea groups is 1. The summed E-state index contributed by atoms with van der Waals surface area (Å²) in [5.41, 5.74) is 0. The molecule has 14 heavy (non-hydrogen) atoms. The van der Waals surface area contributed by atoms with Crippen LogP contribution in [-0.2, 0) is 10.8 Å². The summed E-state index contributed by atoms with van der Waals surface area (Å²) in [5, 5.41) is 5.46. The highest BCUT2D eigenvalue weighted by Crippen LogP contribution is 1.83. The Hall–Kier alpha value is -0.580. The maximum absolute atomic E-state index is 11.1. The van der Waals surface area contributed by atoms with Crippen LogP contribution in [-0.4, -0.2) is 35.3 Å². The van der Waals surface area contributed by atoms with E-state index in [0.717, 1.165) is 25.8 Å². The van der Waals surface area contributed by atoms with Gasteiger partial charge in [0, 0.05) is 35.9 Å². The van der Waals surface area contributed by atoms with E-state index in [2.05, 4.69) is 17.6 Å². The summed E-state index contributed by atoms with van der Waals surface area (Å²) in [5.74, 6) is 0.648. The van der Waals surface area contributed by atoms with E-state index < -0.39 is 10.8 Å². The third-order valence-electron chi connectivity index (χ3n) is 1.71. The van der Waals surface area contributed by atoms with Crippen LogP contribution < -0.4 is 10.6 Å². The molecule has 0 radical (unpaired) electrons. The predicted molar refractivity (Wildman–Crippen MR) is 59.9 cm³/mol. The summed E-state index contributed by atoms with van der Waals surface area (Å²) in [7, 11) is -0.759. The van der Waals surface area contributed by atoms with Crippen LogP contribution in [0.15, 0.2) is 0 Å². The molecule has 2 amide bonds. The van der Waals surface area contributed by atoms with Crippen molar-refractivity contribution in [3.05, 3.63) is 0 Å². The number of nitrogens with one attached hydrogen (secondary N) is 2. The van der Waals surface area contributed by atoms with Gasteiger partial charge in [0.25, 0.3) is 0 Å². The molecule has 4 nitrogen and oxygen atoms in total. The second-order valence-corrected chi connectivity index (χ2v) is 4.72. The molecule has 0 aliphatic heterocycles. The van der Waals surface area contributed by atoms with Crippen molar-refractivity contribution < 1.29 is 9.00 Å². The van der Waals surface area contributed by atoms with Crippen molar-refractivity contribution in [3.8, 4) is 0 Å². The first-order chi connectivity index (χ1) is 6.66. The highest BCUT2D eigenvalue weighted by atomic mass is 32.2. The van der Waals surface area contributed by atoms with Crippen LogP contribution in [0.5, 0.6) is 0 Å². The number of amides is 2. The molecule has 2 N–H and O–H groups in total. The van der Waals surface area contributed by atoms with Crippen molar-refractivity contribution in [2.24, 2.45) is 0 Å². The summed E-state index contributed by atoms with van der Waals surface area (Å²) >= 11 is 0. The van der Waals surface area contributed by atoms with Crippen molar-refractivity contribution in [1.29, 1.82) is 0 Å². The van der Waals surface area contributed by atoms with Gasteiger partial charge in [-0.3, -0.25) is 4.21 Å². The van der Waals surface area contributed by atoms with Gasteiger partial charge in [-0.1, -0.05) is 13.3 Å². The molecule has 0 bridgehead atoms. The van der Waals surface area contributed by atoms with E-state index in [0.29, 0.717) is 12.3 Å². The van der Waals surface area contributed by atoms with Gasteiger partial charge >= 0.3 is 6.03 Å². The Kier molecular flexibility index (Phi) is 8.62. The number of rotatable bonds is 7. The first-order valence-electron chi connectivity index (χ1n) is 4.98. The average Bonchev–Trinajstić information content (AvgIpc) is 2.13. The maximum atomic E-state index is 11.1. The first-order valence-corrected chi connectivity index (χ1v) is 6.71. The lowest BCUT2D eigenvalue weighted by molar-refractivity contribution is 0.241. The smallest absolute Gasteiger partial charge is 0.314 e. The van der Waals surface area contributed by atoms with Gasteiger partial charge in [-0.2, -0.15) is 0 Å². The summed E-state index contributed by atoms with van der Waals surface area (Å²) < 4.78 is 10.7. The average molecular weight is 220 g/mol. The highest BCUT2D eigenvalue weighted by molar-refractivity contribution is 7.84. The normalized spacial score (nSPS) is 12.1. The summed E-state index contributed by atoms with van der Waals surface area (Å²) in [6.45, 7) is 3.40. The van der Waals surface area contributed by atoms with Crippen molar-refractivity contribution in [3.63, 3.8) is 0 Å². The molecule has 0 spiro atoms. The van der Waals surface area contributed by atoms with E-state index in [1.165, 1.54) is 0 Å². The SMILES string of the molecule is CCCCNC(=O)NCCCS(C)=O. The van der Waals surface area contributed by atoms with E-state index in [1.807, 2.05) is 0 Å². The Morgan fingerprint density at radius 1 is 1.21 bits per heavy atom. The van der Waals surface area contributed by atoms with Crippen molar-refractivity contribution >= 4 is 16.8 Å². The lowest BCUT2D eigenvalue weighted by Crippen LogP contribution is -2.36. The van der Waals surface area contributed by atoms with Crippen LogP contribution >= 0.6 is 0 Å². The summed E-state index contributed by atoms with van der Waals surface area (Å²) in [4.78, 5) is 11.1. The summed E-state index contributed by atoms with van der Waals surface area (Å²) in [6.07, 6.45) is 4.52. The molecule has 0 heterocycles. The quantitative estimate of drug-likeness (QED) is 0.625. The van der Waals surface area contributed by atoms with Crippen LogP contribution in [0.1, 0.15) is 26.2 Å². The molecule has 1 atom stereocenters. The minimum Gasteiger partial charge on any atom is -0.338 e. The number of carbonyl (C=O) groups excluding carboxylic acids is 1. The van der Waals surface area contributed by atoms with Gasteiger partial charge in [-0.25, -0.2) is 4.79 Å². The molecule has 0 aliphatic carbocycles. The number of carbonyl (C=O) groups is 1.